The van der Waals surface area contributed by atoms with Crippen LogP contribution in [0.25, 0.3) is 0 Å². The Kier molecular flexibility index (Phi) is 4.84. The van der Waals surface area contributed by atoms with E-state index in [1.165, 1.54) is 14.2 Å². The van der Waals surface area contributed by atoms with E-state index in [0.29, 0.717) is 19.3 Å². The van der Waals surface area contributed by atoms with Gasteiger partial charge >= 0.3 is 5.97 Å². The first kappa shape index (κ1) is 15.8. The second-order valence-corrected chi connectivity index (χ2v) is 4.93. The zero-order valence-corrected chi connectivity index (χ0v) is 11.1. The summed E-state index contributed by atoms with van der Waals surface area (Å²) in [6, 6.07) is 0. The maximum atomic E-state index is 13.3. The van der Waals surface area contributed by atoms with Crippen LogP contribution in [0.15, 0.2) is 0 Å². The lowest BCUT2D eigenvalue weighted by Gasteiger charge is -2.34. The van der Waals surface area contributed by atoms with Crippen LogP contribution in [0.1, 0.15) is 38.5 Å². The Bertz CT molecular complexity index is 354. The molecule has 0 aromatic rings. The zero-order chi connectivity index (χ0) is 14.7. The minimum absolute atomic E-state index is 0.197. The lowest BCUT2D eigenvalue weighted by Crippen LogP contribution is -2.48. The van der Waals surface area contributed by atoms with Gasteiger partial charge in [-0.3, -0.25) is 9.63 Å². The second kappa shape index (κ2) is 5.81. The normalized spacial score (nSPS) is 22.1. The molecule has 2 aliphatic carbocycles. The van der Waals surface area contributed by atoms with Gasteiger partial charge in [-0.05, 0) is 38.5 Å². The second-order valence-electron chi connectivity index (χ2n) is 4.93. The average molecular weight is 279 g/mol. The van der Waals surface area contributed by atoms with Gasteiger partial charge in [-0.2, -0.15) is 0 Å². The van der Waals surface area contributed by atoms with E-state index in [2.05, 4.69) is 4.84 Å². The van der Waals surface area contributed by atoms with Gasteiger partial charge in [0.25, 0.3) is 5.91 Å². The first-order chi connectivity index (χ1) is 8.75. The van der Waals surface area contributed by atoms with E-state index in [-0.39, 0.29) is 12.8 Å². The Morgan fingerprint density at radius 1 is 1.11 bits per heavy atom. The Morgan fingerprint density at radius 3 is 1.68 bits per heavy atom. The Balaban J connectivity index is 0.000000200. The van der Waals surface area contributed by atoms with Crippen molar-refractivity contribution in [2.24, 2.45) is 0 Å². The molecule has 5 nitrogen and oxygen atoms in total. The largest absolute Gasteiger partial charge is 0.479 e. The fourth-order valence-corrected chi connectivity index (χ4v) is 1.77. The summed E-state index contributed by atoms with van der Waals surface area (Å²) in [7, 11) is 2.77. The third-order valence-electron chi connectivity index (χ3n) is 3.62. The van der Waals surface area contributed by atoms with E-state index in [0.717, 1.165) is 11.5 Å². The van der Waals surface area contributed by atoms with Gasteiger partial charge in [0.15, 0.2) is 5.67 Å². The number of amides is 1. The highest BCUT2D eigenvalue weighted by Crippen LogP contribution is 2.37. The molecule has 0 radical (unpaired) electrons. The highest BCUT2D eigenvalue weighted by atomic mass is 19.1. The predicted octanol–water partition coefficient (Wildman–Crippen LogP) is 1.86. The number of aliphatic carboxylic acids is 1. The standard InChI is InChI=1S/C7H12FNO2.C5H7FO2/c1-9(11-2)6(10)7(8)4-3-5-7;6-5(4(7)8)2-1-3-5/h3-5H2,1-2H3;1-3H2,(H,7,8). The Hall–Kier alpha value is -1.24. The number of nitrogens with zero attached hydrogens (tertiary/aromatic N) is 1. The van der Waals surface area contributed by atoms with E-state index in [9.17, 15) is 18.4 Å². The number of carboxylic acids is 1. The molecule has 2 rings (SSSR count). The van der Waals surface area contributed by atoms with Crippen molar-refractivity contribution in [1.29, 1.82) is 0 Å². The topological polar surface area (TPSA) is 66.8 Å². The van der Waals surface area contributed by atoms with Crippen molar-refractivity contribution in [2.45, 2.75) is 49.9 Å². The number of carbonyl (C=O) groups is 2. The van der Waals surface area contributed by atoms with Crippen LogP contribution < -0.4 is 0 Å². The van der Waals surface area contributed by atoms with Crippen molar-refractivity contribution in [2.75, 3.05) is 14.2 Å². The van der Waals surface area contributed by atoms with E-state index in [1.807, 2.05) is 0 Å². The summed E-state index contributed by atoms with van der Waals surface area (Å²) in [5.74, 6) is -1.87. The third-order valence-corrected chi connectivity index (χ3v) is 3.62. The van der Waals surface area contributed by atoms with Crippen LogP contribution in [-0.2, 0) is 14.4 Å². The van der Waals surface area contributed by atoms with Gasteiger partial charge in [0.2, 0.25) is 5.67 Å². The number of carbonyl (C=O) groups excluding carboxylic acids is 1. The van der Waals surface area contributed by atoms with E-state index in [1.54, 1.807) is 0 Å². The predicted molar refractivity (Wildman–Crippen MR) is 62.8 cm³/mol. The molecular weight excluding hydrogens is 260 g/mol. The molecule has 110 valence electrons. The number of halogens is 2. The maximum absolute atomic E-state index is 13.3. The van der Waals surface area contributed by atoms with Gasteiger partial charge in [-0.25, -0.2) is 18.6 Å². The van der Waals surface area contributed by atoms with Gasteiger partial charge in [0.1, 0.15) is 0 Å². The lowest BCUT2D eigenvalue weighted by molar-refractivity contribution is -0.187. The number of hydrogen-bond donors (Lipinski definition) is 1. The summed E-state index contributed by atoms with van der Waals surface area (Å²) in [6.45, 7) is 0. The summed E-state index contributed by atoms with van der Waals surface area (Å²) >= 11 is 0. The lowest BCUT2D eigenvalue weighted by atomic mass is 9.81. The highest BCUT2D eigenvalue weighted by molar-refractivity contribution is 5.85. The van der Waals surface area contributed by atoms with Crippen molar-refractivity contribution >= 4 is 11.9 Å². The van der Waals surface area contributed by atoms with Crippen LogP contribution in [0.3, 0.4) is 0 Å². The van der Waals surface area contributed by atoms with Crippen molar-refractivity contribution < 1.29 is 28.3 Å². The highest BCUT2D eigenvalue weighted by Gasteiger charge is 2.46. The molecule has 0 aliphatic heterocycles. The minimum Gasteiger partial charge on any atom is -0.479 e. The fourth-order valence-electron chi connectivity index (χ4n) is 1.77. The van der Waals surface area contributed by atoms with Gasteiger partial charge < -0.3 is 5.11 Å². The van der Waals surface area contributed by atoms with Crippen molar-refractivity contribution in [1.82, 2.24) is 5.06 Å². The molecular formula is C12H19F2NO4. The molecule has 0 heterocycles. The molecule has 2 aliphatic rings. The van der Waals surface area contributed by atoms with E-state index >= 15 is 0 Å². The number of rotatable bonds is 3. The van der Waals surface area contributed by atoms with Crippen LogP contribution in [0.2, 0.25) is 0 Å². The van der Waals surface area contributed by atoms with E-state index in [4.69, 9.17) is 5.11 Å². The van der Waals surface area contributed by atoms with Gasteiger partial charge in [-0.15, -0.1) is 0 Å². The molecule has 0 unspecified atom stereocenters. The quantitative estimate of drug-likeness (QED) is 0.801. The fraction of sp³-hybridized carbons (Fsp3) is 0.833. The van der Waals surface area contributed by atoms with Crippen LogP contribution in [0, 0.1) is 0 Å². The van der Waals surface area contributed by atoms with Crippen molar-refractivity contribution in [3.05, 3.63) is 0 Å². The molecule has 1 N–H and O–H groups in total. The SMILES string of the molecule is CON(C)C(=O)C1(F)CCC1.O=C(O)C1(F)CCC1. The van der Waals surface area contributed by atoms with Crippen LogP contribution >= 0.6 is 0 Å². The minimum atomic E-state index is -1.86. The molecule has 0 saturated heterocycles. The summed E-state index contributed by atoms with van der Waals surface area (Å²) in [5, 5.41) is 9.06. The van der Waals surface area contributed by atoms with E-state index < -0.39 is 23.2 Å². The smallest absolute Gasteiger partial charge is 0.341 e. The van der Waals surface area contributed by atoms with Crippen LogP contribution in [-0.4, -0.2) is 47.5 Å². The molecule has 0 atom stereocenters. The van der Waals surface area contributed by atoms with Gasteiger partial charge in [-0.1, -0.05) is 0 Å². The molecule has 7 heteroatoms. The molecule has 2 saturated carbocycles. The number of hydroxylamine groups is 2. The van der Waals surface area contributed by atoms with Gasteiger partial charge in [0, 0.05) is 7.05 Å². The molecule has 0 aromatic carbocycles. The summed E-state index contributed by atoms with van der Waals surface area (Å²) < 4.78 is 25.7. The molecule has 0 bridgehead atoms. The Labute approximate surface area is 110 Å². The summed E-state index contributed by atoms with van der Waals surface area (Å²) in [5.41, 5.74) is -3.50. The molecule has 0 aromatic heterocycles. The monoisotopic (exact) mass is 279 g/mol. The maximum Gasteiger partial charge on any atom is 0.341 e. The van der Waals surface area contributed by atoms with Crippen LogP contribution in [0.4, 0.5) is 8.78 Å². The first-order valence-electron chi connectivity index (χ1n) is 6.19. The number of hydrogen-bond acceptors (Lipinski definition) is 3. The summed E-state index contributed by atoms with van der Waals surface area (Å²) in [6.07, 6.45) is 2.56. The molecule has 0 spiro atoms. The molecule has 2 fully saturated rings. The first-order valence-corrected chi connectivity index (χ1v) is 6.19. The zero-order valence-electron chi connectivity index (χ0n) is 11.1. The molecule has 1 amide bonds. The third kappa shape index (κ3) is 3.40. The van der Waals surface area contributed by atoms with Crippen LogP contribution in [0.5, 0.6) is 0 Å². The van der Waals surface area contributed by atoms with Gasteiger partial charge in [0.05, 0.1) is 7.11 Å². The van der Waals surface area contributed by atoms with Crippen molar-refractivity contribution in [3.8, 4) is 0 Å². The average Bonchev–Trinajstić information content (AvgIpc) is 2.31. The summed E-state index contributed by atoms with van der Waals surface area (Å²) in [4.78, 5) is 25.6. The van der Waals surface area contributed by atoms with Crippen molar-refractivity contribution in [3.63, 3.8) is 0 Å². The number of carboxylic acid groups (broad SMARTS) is 1. The Morgan fingerprint density at radius 2 is 1.53 bits per heavy atom. The molecule has 19 heavy (non-hydrogen) atoms. The number of alkyl halides is 2.